The molecule has 1 spiro atoms. The fourth-order valence-electron chi connectivity index (χ4n) is 3.37. The Bertz CT molecular complexity index is 586. The first-order valence-corrected chi connectivity index (χ1v) is 9.98. The van der Waals surface area contributed by atoms with Crippen LogP contribution in [0.4, 0.5) is 0 Å². The number of hydrogen-bond acceptors (Lipinski definition) is 5. The molecule has 2 N–H and O–H groups in total. The highest BCUT2D eigenvalue weighted by Crippen LogP contribution is 2.43. The number of nitrogens with two attached hydrogens (primary N) is 1. The average Bonchev–Trinajstić information content (AvgIpc) is 2.88. The number of sulfonamides is 1. The van der Waals surface area contributed by atoms with Crippen molar-refractivity contribution >= 4 is 21.8 Å². The number of hydrogen-bond donors (Lipinski definition) is 1. The lowest BCUT2D eigenvalue weighted by Gasteiger charge is -2.44. The molecule has 1 aromatic heterocycles. The second-order valence-electron chi connectivity index (χ2n) is 6.07. The second-order valence-corrected chi connectivity index (χ2v) is 9.12. The van der Waals surface area contributed by atoms with Crippen LogP contribution >= 0.6 is 11.8 Å². The molecule has 3 rings (SSSR count). The molecule has 118 valence electrons. The SMILES string of the molecule is NS(=O)(=O)c1ccc(CN2CCSC3(CCCCC3)C2)o1. The molecular weight excluding hydrogens is 308 g/mol. The lowest BCUT2D eigenvalue weighted by Crippen LogP contribution is -2.47. The molecule has 1 saturated heterocycles. The Morgan fingerprint density at radius 1 is 1.29 bits per heavy atom. The monoisotopic (exact) mass is 330 g/mol. The van der Waals surface area contributed by atoms with Crippen LogP contribution < -0.4 is 5.14 Å². The Hall–Kier alpha value is -0.500. The molecule has 0 bridgehead atoms. The minimum Gasteiger partial charge on any atom is -0.447 e. The van der Waals surface area contributed by atoms with Crippen LogP contribution in [0.3, 0.4) is 0 Å². The van der Waals surface area contributed by atoms with Gasteiger partial charge in [-0.2, -0.15) is 11.8 Å². The van der Waals surface area contributed by atoms with Crippen molar-refractivity contribution in [2.24, 2.45) is 5.14 Å². The fourth-order valence-corrected chi connectivity index (χ4v) is 5.49. The van der Waals surface area contributed by atoms with Crippen molar-refractivity contribution in [3.63, 3.8) is 0 Å². The van der Waals surface area contributed by atoms with Crippen molar-refractivity contribution < 1.29 is 12.8 Å². The minimum absolute atomic E-state index is 0.142. The van der Waals surface area contributed by atoms with Crippen molar-refractivity contribution in [3.8, 4) is 0 Å². The van der Waals surface area contributed by atoms with E-state index >= 15 is 0 Å². The van der Waals surface area contributed by atoms with E-state index in [1.807, 2.05) is 0 Å². The predicted octanol–water partition coefficient (Wildman–Crippen LogP) is 2.18. The Morgan fingerprint density at radius 3 is 2.71 bits per heavy atom. The van der Waals surface area contributed by atoms with Crippen molar-refractivity contribution in [1.82, 2.24) is 4.90 Å². The van der Waals surface area contributed by atoms with Gasteiger partial charge in [-0.3, -0.25) is 4.90 Å². The van der Waals surface area contributed by atoms with E-state index in [0.29, 0.717) is 17.1 Å². The Labute approximate surface area is 130 Å². The van der Waals surface area contributed by atoms with Gasteiger partial charge < -0.3 is 4.42 Å². The van der Waals surface area contributed by atoms with Crippen LogP contribution in [0.5, 0.6) is 0 Å². The van der Waals surface area contributed by atoms with Gasteiger partial charge in [-0.25, -0.2) is 13.6 Å². The molecule has 1 aromatic rings. The maximum Gasteiger partial charge on any atom is 0.271 e. The highest BCUT2D eigenvalue weighted by atomic mass is 32.2. The quantitative estimate of drug-likeness (QED) is 0.919. The maximum atomic E-state index is 11.2. The smallest absolute Gasteiger partial charge is 0.271 e. The van der Waals surface area contributed by atoms with Gasteiger partial charge in [-0.05, 0) is 25.0 Å². The minimum atomic E-state index is -3.74. The van der Waals surface area contributed by atoms with Crippen LogP contribution in [0.2, 0.25) is 0 Å². The van der Waals surface area contributed by atoms with Gasteiger partial charge in [0.1, 0.15) is 5.76 Å². The average molecular weight is 330 g/mol. The summed E-state index contributed by atoms with van der Waals surface area (Å²) in [5.74, 6) is 1.82. The summed E-state index contributed by atoms with van der Waals surface area (Å²) >= 11 is 2.12. The van der Waals surface area contributed by atoms with Gasteiger partial charge in [-0.1, -0.05) is 19.3 Å². The lowest BCUT2D eigenvalue weighted by molar-refractivity contribution is 0.196. The number of furan rings is 1. The molecule has 0 unspecified atom stereocenters. The van der Waals surface area contributed by atoms with Crippen molar-refractivity contribution in [2.45, 2.75) is 48.5 Å². The molecule has 0 atom stereocenters. The van der Waals surface area contributed by atoms with Gasteiger partial charge in [-0.15, -0.1) is 0 Å². The Kier molecular flexibility index (Phi) is 4.36. The summed E-state index contributed by atoms with van der Waals surface area (Å²) < 4.78 is 28.3. The predicted molar refractivity (Wildman–Crippen MR) is 83.6 cm³/mol. The van der Waals surface area contributed by atoms with Crippen molar-refractivity contribution in [3.05, 3.63) is 17.9 Å². The van der Waals surface area contributed by atoms with E-state index in [0.717, 1.165) is 18.8 Å². The molecule has 2 aliphatic rings. The molecule has 7 heteroatoms. The number of rotatable bonds is 3. The molecule has 2 fully saturated rings. The number of thioether (sulfide) groups is 1. The summed E-state index contributed by atoms with van der Waals surface area (Å²) in [6.45, 7) is 2.76. The van der Waals surface area contributed by atoms with Gasteiger partial charge >= 0.3 is 0 Å². The van der Waals surface area contributed by atoms with E-state index in [4.69, 9.17) is 9.56 Å². The Morgan fingerprint density at radius 2 is 2.05 bits per heavy atom. The van der Waals surface area contributed by atoms with E-state index in [9.17, 15) is 8.42 Å². The first-order chi connectivity index (χ1) is 9.97. The molecule has 2 heterocycles. The first-order valence-electron chi connectivity index (χ1n) is 7.45. The van der Waals surface area contributed by atoms with Gasteiger partial charge in [0.05, 0.1) is 6.54 Å². The highest BCUT2D eigenvalue weighted by Gasteiger charge is 2.37. The topological polar surface area (TPSA) is 76.5 Å². The van der Waals surface area contributed by atoms with E-state index in [1.54, 1.807) is 6.07 Å². The van der Waals surface area contributed by atoms with Crippen LogP contribution in [0, 0.1) is 0 Å². The van der Waals surface area contributed by atoms with Crippen LogP contribution in [0.15, 0.2) is 21.6 Å². The summed E-state index contributed by atoms with van der Waals surface area (Å²) in [5, 5.41) is 4.93. The van der Waals surface area contributed by atoms with E-state index in [-0.39, 0.29) is 5.09 Å². The standard InChI is InChI=1S/C14H22N2O3S2/c15-21(17,18)13-5-4-12(19-13)10-16-8-9-20-14(11-16)6-2-1-3-7-14/h4-5H,1-3,6-11H2,(H2,15,17,18). The van der Waals surface area contributed by atoms with Crippen molar-refractivity contribution in [1.29, 1.82) is 0 Å². The summed E-state index contributed by atoms with van der Waals surface area (Å²) in [7, 11) is -3.74. The van der Waals surface area contributed by atoms with Crippen LogP contribution in [0.1, 0.15) is 37.9 Å². The van der Waals surface area contributed by atoms with E-state index in [2.05, 4.69) is 16.7 Å². The highest BCUT2D eigenvalue weighted by molar-refractivity contribution is 8.00. The molecule has 1 aliphatic carbocycles. The lowest BCUT2D eigenvalue weighted by atomic mass is 9.87. The summed E-state index contributed by atoms with van der Waals surface area (Å²) in [5.41, 5.74) is 0. The molecule has 21 heavy (non-hydrogen) atoms. The third kappa shape index (κ3) is 3.64. The van der Waals surface area contributed by atoms with Crippen LogP contribution in [-0.4, -0.2) is 36.9 Å². The summed E-state index contributed by atoms with van der Waals surface area (Å²) in [6, 6.07) is 3.16. The third-order valence-corrected chi connectivity index (χ3v) is 6.71. The molecule has 0 aromatic carbocycles. The van der Waals surface area contributed by atoms with Gasteiger partial charge in [0.2, 0.25) is 5.09 Å². The molecule has 0 radical (unpaired) electrons. The van der Waals surface area contributed by atoms with E-state index < -0.39 is 10.0 Å². The molecular formula is C14H22N2O3S2. The van der Waals surface area contributed by atoms with Gasteiger partial charge in [0.25, 0.3) is 10.0 Å². The summed E-state index contributed by atoms with van der Waals surface area (Å²) in [4.78, 5) is 2.38. The molecule has 1 aliphatic heterocycles. The van der Waals surface area contributed by atoms with Gasteiger partial charge in [0, 0.05) is 23.6 Å². The zero-order valence-electron chi connectivity index (χ0n) is 12.1. The zero-order chi connectivity index (χ0) is 14.9. The molecule has 1 saturated carbocycles. The second kappa shape index (κ2) is 5.95. The number of nitrogens with zero attached hydrogens (tertiary/aromatic N) is 1. The van der Waals surface area contributed by atoms with E-state index in [1.165, 1.54) is 38.2 Å². The largest absolute Gasteiger partial charge is 0.447 e. The Balaban J connectivity index is 1.66. The fraction of sp³-hybridized carbons (Fsp3) is 0.714. The maximum absolute atomic E-state index is 11.2. The van der Waals surface area contributed by atoms with Crippen LogP contribution in [-0.2, 0) is 16.6 Å². The normalized spacial score (nSPS) is 23.5. The first kappa shape index (κ1) is 15.4. The number of primary sulfonamides is 1. The van der Waals surface area contributed by atoms with Crippen LogP contribution in [0.25, 0.3) is 0 Å². The molecule has 5 nitrogen and oxygen atoms in total. The molecule has 0 amide bonds. The third-order valence-electron chi connectivity index (χ3n) is 4.39. The van der Waals surface area contributed by atoms with Crippen molar-refractivity contribution in [2.75, 3.05) is 18.8 Å². The van der Waals surface area contributed by atoms with Gasteiger partial charge in [0.15, 0.2) is 0 Å². The summed E-state index contributed by atoms with van der Waals surface area (Å²) in [6.07, 6.45) is 6.62. The zero-order valence-corrected chi connectivity index (χ0v) is 13.7.